The van der Waals surface area contributed by atoms with Crippen LogP contribution in [0.15, 0.2) is 51.7 Å². The molecule has 34 heavy (non-hydrogen) atoms. The Kier molecular flexibility index (Phi) is 5.79. The monoisotopic (exact) mass is 460 g/mol. The maximum absolute atomic E-state index is 13.0. The van der Waals surface area contributed by atoms with Crippen molar-refractivity contribution < 1.29 is 13.9 Å². The number of methoxy groups -OCH3 is 1. The molecule has 6 heteroatoms. The van der Waals surface area contributed by atoms with Crippen LogP contribution in [0.5, 0.6) is 11.5 Å². The molecular weight excluding hydrogens is 428 g/mol. The quantitative estimate of drug-likeness (QED) is 0.517. The van der Waals surface area contributed by atoms with Crippen LogP contribution in [0.3, 0.4) is 0 Å². The Morgan fingerprint density at radius 1 is 1.03 bits per heavy atom. The fraction of sp³-hybridized carbons (Fsp3) is 0.464. The van der Waals surface area contributed by atoms with Gasteiger partial charge in [0, 0.05) is 24.5 Å². The van der Waals surface area contributed by atoms with E-state index in [4.69, 9.17) is 13.9 Å². The summed E-state index contributed by atoms with van der Waals surface area (Å²) in [5, 5.41) is 0.922. The van der Waals surface area contributed by atoms with E-state index in [9.17, 15) is 4.79 Å². The predicted molar refractivity (Wildman–Crippen MR) is 132 cm³/mol. The second-order valence-corrected chi connectivity index (χ2v) is 9.92. The van der Waals surface area contributed by atoms with Crippen LogP contribution in [-0.2, 0) is 6.54 Å². The van der Waals surface area contributed by atoms with Gasteiger partial charge >= 0.3 is 5.63 Å². The van der Waals surface area contributed by atoms with Gasteiger partial charge in [-0.25, -0.2) is 4.79 Å². The third kappa shape index (κ3) is 3.99. The van der Waals surface area contributed by atoms with E-state index >= 15 is 0 Å². The van der Waals surface area contributed by atoms with Gasteiger partial charge in [0.15, 0.2) is 0 Å². The summed E-state index contributed by atoms with van der Waals surface area (Å²) in [7, 11) is 1.63. The van der Waals surface area contributed by atoms with Crippen molar-refractivity contribution in [2.24, 2.45) is 5.92 Å². The van der Waals surface area contributed by atoms with Crippen LogP contribution in [-0.4, -0.2) is 49.3 Å². The summed E-state index contributed by atoms with van der Waals surface area (Å²) in [4.78, 5) is 18.1. The maximum Gasteiger partial charge on any atom is 0.344 e. The van der Waals surface area contributed by atoms with Gasteiger partial charge in [0.25, 0.3) is 0 Å². The van der Waals surface area contributed by atoms with E-state index in [-0.39, 0.29) is 5.63 Å². The van der Waals surface area contributed by atoms with Crippen LogP contribution in [0, 0.1) is 5.92 Å². The van der Waals surface area contributed by atoms with Gasteiger partial charge in [-0.2, -0.15) is 0 Å². The van der Waals surface area contributed by atoms with Gasteiger partial charge in [0.1, 0.15) is 23.8 Å². The summed E-state index contributed by atoms with van der Waals surface area (Å²) >= 11 is 0. The molecule has 4 heterocycles. The van der Waals surface area contributed by atoms with Gasteiger partial charge < -0.3 is 18.8 Å². The lowest BCUT2D eigenvalue weighted by atomic mass is 9.83. The summed E-state index contributed by atoms with van der Waals surface area (Å²) in [6.07, 6.45) is 6.59. The molecule has 1 aromatic heterocycles. The van der Waals surface area contributed by atoms with E-state index in [0.717, 1.165) is 41.1 Å². The van der Waals surface area contributed by atoms with Gasteiger partial charge in [-0.1, -0.05) is 18.6 Å². The Balaban J connectivity index is 1.27. The minimum atomic E-state index is -0.326. The number of benzene rings is 2. The number of nitrogens with zero attached hydrogens (tertiary/aromatic N) is 2. The summed E-state index contributed by atoms with van der Waals surface area (Å²) in [5.74, 6) is 2.27. The molecule has 0 bridgehead atoms. The summed E-state index contributed by atoms with van der Waals surface area (Å²) in [6, 6.07) is 14.1. The van der Waals surface area contributed by atoms with Crippen LogP contribution in [0.2, 0.25) is 0 Å². The Labute approximate surface area is 200 Å². The first-order chi connectivity index (χ1) is 16.7. The number of fused-ring (bicyclic) bond motifs is 4. The molecular formula is C28H32N2O4. The first-order valence-corrected chi connectivity index (χ1v) is 12.5. The van der Waals surface area contributed by atoms with Crippen molar-refractivity contribution in [3.8, 4) is 22.6 Å². The first-order valence-electron chi connectivity index (χ1n) is 12.5. The lowest BCUT2D eigenvalue weighted by molar-refractivity contribution is 0.0146. The highest BCUT2D eigenvalue weighted by Gasteiger charge is 2.35. The number of ether oxygens (including phenoxy) is 2. The molecule has 0 amide bonds. The van der Waals surface area contributed by atoms with E-state index in [2.05, 4.69) is 9.80 Å². The van der Waals surface area contributed by atoms with Crippen molar-refractivity contribution in [3.63, 3.8) is 0 Å². The second-order valence-electron chi connectivity index (χ2n) is 9.92. The van der Waals surface area contributed by atoms with Crippen molar-refractivity contribution in [1.29, 1.82) is 0 Å². The zero-order chi connectivity index (χ0) is 23.1. The average molecular weight is 461 g/mol. The van der Waals surface area contributed by atoms with Gasteiger partial charge in [-0.3, -0.25) is 4.90 Å². The van der Waals surface area contributed by atoms with Crippen molar-refractivity contribution in [2.45, 2.75) is 44.7 Å². The molecule has 0 saturated carbocycles. The smallest absolute Gasteiger partial charge is 0.344 e. The molecule has 2 fully saturated rings. The summed E-state index contributed by atoms with van der Waals surface area (Å²) < 4.78 is 17.3. The largest absolute Gasteiger partial charge is 0.497 e. The van der Waals surface area contributed by atoms with Gasteiger partial charge in [0.05, 0.1) is 18.2 Å². The molecule has 2 atom stereocenters. The molecule has 0 radical (unpaired) electrons. The third-order valence-electron chi connectivity index (χ3n) is 7.87. The van der Waals surface area contributed by atoms with Gasteiger partial charge in [-0.15, -0.1) is 0 Å². The van der Waals surface area contributed by atoms with Crippen LogP contribution in [0.1, 0.15) is 37.7 Å². The molecule has 178 valence electrons. The summed E-state index contributed by atoms with van der Waals surface area (Å²) in [5.41, 5.74) is 2.68. The SMILES string of the molecule is COc1ccc(-c2cc3ccc4c(c3oc2=O)CN(C[C@@H]2CCCN3CCCC[C@H]23)CO4)cc1. The van der Waals surface area contributed by atoms with Crippen LogP contribution in [0.25, 0.3) is 22.1 Å². The number of hydrogen-bond donors (Lipinski definition) is 0. The first kappa shape index (κ1) is 21.7. The van der Waals surface area contributed by atoms with E-state index in [1.54, 1.807) is 7.11 Å². The standard InChI is InChI=1S/C28H32N2O4/c1-32-22-10-7-19(8-11-22)23-15-20-9-12-26-24(27(20)34-28(23)31)17-29(18-33-26)16-21-5-4-14-30-13-3-2-6-25(21)30/h7-12,15,21,25H,2-6,13-14,16-18H2,1H3/t21-,25+/m0/s1. The molecule has 0 aliphatic carbocycles. The minimum Gasteiger partial charge on any atom is -0.497 e. The zero-order valence-corrected chi connectivity index (χ0v) is 19.8. The van der Waals surface area contributed by atoms with Crippen molar-refractivity contribution >= 4 is 11.0 Å². The van der Waals surface area contributed by atoms with E-state index in [0.29, 0.717) is 29.8 Å². The lowest BCUT2D eigenvalue weighted by Gasteiger charge is -2.46. The van der Waals surface area contributed by atoms with Crippen LogP contribution >= 0.6 is 0 Å². The van der Waals surface area contributed by atoms with Crippen molar-refractivity contribution in [1.82, 2.24) is 9.80 Å². The Bertz CT molecular complexity index is 1230. The molecule has 3 aliphatic heterocycles. The molecule has 2 aromatic carbocycles. The zero-order valence-electron chi connectivity index (χ0n) is 19.8. The number of rotatable bonds is 4. The van der Waals surface area contributed by atoms with Crippen LogP contribution < -0.4 is 15.1 Å². The highest BCUT2D eigenvalue weighted by atomic mass is 16.5. The van der Waals surface area contributed by atoms with Crippen molar-refractivity contribution in [3.05, 3.63) is 58.4 Å². The fourth-order valence-electron chi connectivity index (χ4n) is 6.15. The highest BCUT2D eigenvalue weighted by Crippen LogP contribution is 2.36. The molecule has 0 spiro atoms. The van der Waals surface area contributed by atoms with Gasteiger partial charge in [-0.05, 0) is 80.6 Å². The lowest BCUT2D eigenvalue weighted by Crippen LogP contribution is -2.51. The molecule has 0 unspecified atom stereocenters. The second kappa shape index (κ2) is 9.08. The normalized spacial score (nSPS) is 23.2. The summed E-state index contributed by atoms with van der Waals surface area (Å²) in [6.45, 7) is 4.89. The van der Waals surface area contributed by atoms with E-state index in [1.807, 2.05) is 42.5 Å². The maximum atomic E-state index is 13.0. The molecule has 3 aromatic rings. The molecule has 3 aliphatic rings. The Morgan fingerprint density at radius 3 is 2.74 bits per heavy atom. The Hall–Kier alpha value is -2.83. The van der Waals surface area contributed by atoms with Crippen LogP contribution in [0.4, 0.5) is 0 Å². The molecule has 6 nitrogen and oxygen atoms in total. The highest BCUT2D eigenvalue weighted by molar-refractivity contribution is 5.86. The molecule has 6 rings (SSSR count). The molecule has 2 saturated heterocycles. The third-order valence-corrected chi connectivity index (χ3v) is 7.87. The van der Waals surface area contributed by atoms with Crippen molar-refractivity contribution in [2.75, 3.05) is 33.5 Å². The fourth-order valence-corrected chi connectivity index (χ4v) is 6.15. The Morgan fingerprint density at radius 2 is 1.88 bits per heavy atom. The van der Waals surface area contributed by atoms with E-state index < -0.39 is 0 Å². The van der Waals surface area contributed by atoms with Gasteiger partial charge in [0.2, 0.25) is 0 Å². The average Bonchev–Trinajstić information content (AvgIpc) is 2.89. The topological polar surface area (TPSA) is 55.2 Å². The minimum absolute atomic E-state index is 0.326. The number of piperidine rings is 2. The predicted octanol–water partition coefficient (Wildman–Crippen LogP) is 4.89. The van der Waals surface area contributed by atoms with E-state index in [1.165, 1.54) is 45.2 Å². The molecule has 0 N–H and O–H groups in total. The number of hydrogen-bond acceptors (Lipinski definition) is 6.